The number of nitrogens with zero attached hydrogens (tertiary/aromatic N) is 3. The molecular weight excluding hydrogens is 446 g/mol. The van der Waals surface area contributed by atoms with Gasteiger partial charge in [-0.05, 0) is 62.4 Å². The molecule has 1 aromatic heterocycles. The third-order valence-electron chi connectivity index (χ3n) is 6.57. The van der Waals surface area contributed by atoms with E-state index < -0.39 is 6.10 Å². The highest BCUT2D eigenvalue weighted by Crippen LogP contribution is 2.37. The van der Waals surface area contributed by atoms with Crippen LogP contribution in [-0.2, 0) is 11.2 Å². The number of fused-ring (bicyclic) bond motifs is 1. The number of carbonyl (C=O) groups excluding carboxylic acids is 1. The van der Waals surface area contributed by atoms with Crippen LogP contribution in [0.25, 0.3) is 22.8 Å². The number of nitrogen functional groups attached to an aromatic ring is 1. The lowest BCUT2D eigenvalue weighted by atomic mass is 10.0. The van der Waals surface area contributed by atoms with Crippen molar-refractivity contribution in [2.75, 3.05) is 25.4 Å². The maximum Gasteiger partial charge on any atom is 0.258 e. The van der Waals surface area contributed by atoms with Crippen molar-refractivity contribution in [3.05, 3.63) is 47.5 Å². The smallest absolute Gasteiger partial charge is 0.258 e. The number of benzene rings is 2. The van der Waals surface area contributed by atoms with E-state index in [0.717, 1.165) is 29.5 Å². The number of hydrogen-bond acceptors (Lipinski definition) is 8. The van der Waals surface area contributed by atoms with Crippen LogP contribution in [0.3, 0.4) is 0 Å². The topological polar surface area (TPSA) is 127 Å². The minimum atomic E-state index is -0.406. The lowest BCUT2D eigenvalue weighted by Crippen LogP contribution is -2.38. The van der Waals surface area contributed by atoms with Gasteiger partial charge in [0.1, 0.15) is 5.75 Å². The molecule has 0 unspecified atom stereocenters. The summed E-state index contributed by atoms with van der Waals surface area (Å²) in [5.41, 5.74) is 10.7. The average Bonchev–Trinajstić information content (AvgIpc) is 3.58. The summed E-state index contributed by atoms with van der Waals surface area (Å²) in [6, 6.07) is 11.6. The first-order valence-electron chi connectivity index (χ1n) is 12.1. The predicted octanol–water partition coefficient (Wildman–Crippen LogP) is 2.94. The molecule has 1 aliphatic carbocycles. The fraction of sp³-hybridized carbons (Fsp3) is 0.423. The summed E-state index contributed by atoms with van der Waals surface area (Å²) in [4.78, 5) is 18.8. The Hall–Kier alpha value is -3.43. The van der Waals surface area contributed by atoms with Crippen LogP contribution in [0.2, 0.25) is 0 Å². The van der Waals surface area contributed by atoms with E-state index in [-0.39, 0.29) is 24.6 Å². The summed E-state index contributed by atoms with van der Waals surface area (Å²) in [7, 11) is 0. The van der Waals surface area contributed by atoms with Crippen molar-refractivity contribution in [2.24, 2.45) is 0 Å². The Balaban J connectivity index is 1.31. The number of ether oxygens (including phenoxy) is 1. The summed E-state index contributed by atoms with van der Waals surface area (Å²) in [6.45, 7) is 5.20. The van der Waals surface area contributed by atoms with E-state index in [9.17, 15) is 9.90 Å². The maximum atomic E-state index is 12.5. The van der Waals surface area contributed by atoms with Gasteiger partial charge in [0.05, 0.1) is 24.4 Å². The minimum Gasteiger partial charge on any atom is -0.489 e. The number of anilines is 1. The van der Waals surface area contributed by atoms with Gasteiger partial charge in [0, 0.05) is 30.3 Å². The third-order valence-corrected chi connectivity index (χ3v) is 6.57. The fourth-order valence-corrected chi connectivity index (χ4v) is 4.86. The molecule has 5 rings (SSSR count). The van der Waals surface area contributed by atoms with Gasteiger partial charge in [0.15, 0.2) is 0 Å². The third kappa shape index (κ3) is 4.87. The lowest BCUT2D eigenvalue weighted by molar-refractivity contribution is -0.129. The van der Waals surface area contributed by atoms with Crippen LogP contribution in [0, 0.1) is 0 Å². The van der Waals surface area contributed by atoms with Crippen LogP contribution in [0.5, 0.6) is 5.75 Å². The molecular formula is C26H31N5O4. The number of aliphatic hydroxyl groups is 1. The highest BCUT2D eigenvalue weighted by Gasteiger charge is 2.29. The Morgan fingerprint density at radius 3 is 2.91 bits per heavy atom. The second-order valence-corrected chi connectivity index (χ2v) is 9.47. The molecule has 1 saturated heterocycles. The van der Waals surface area contributed by atoms with E-state index in [1.165, 1.54) is 5.56 Å². The van der Waals surface area contributed by atoms with Crippen LogP contribution < -0.4 is 15.8 Å². The zero-order chi connectivity index (χ0) is 24.5. The Morgan fingerprint density at radius 2 is 2.17 bits per heavy atom. The Bertz CT molecular complexity index is 1220. The van der Waals surface area contributed by atoms with Crippen LogP contribution in [0.1, 0.15) is 43.9 Å². The Kier molecular flexibility index (Phi) is 6.44. The van der Waals surface area contributed by atoms with E-state index in [4.69, 9.17) is 15.0 Å². The van der Waals surface area contributed by atoms with Crippen molar-refractivity contribution < 1.29 is 19.2 Å². The van der Waals surface area contributed by atoms with Gasteiger partial charge in [0.25, 0.3) is 5.89 Å². The molecule has 4 N–H and O–H groups in total. The molecule has 1 fully saturated rings. The van der Waals surface area contributed by atoms with Crippen molar-refractivity contribution in [1.29, 1.82) is 0 Å². The average molecular weight is 478 g/mol. The van der Waals surface area contributed by atoms with Crippen molar-refractivity contribution in [3.8, 4) is 28.6 Å². The van der Waals surface area contributed by atoms with E-state index in [1.54, 1.807) is 11.0 Å². The van der Waals surface area contributed by atoms with Crippen LogP contribution in [-0.4, -0.2) is 57.9 Å². The molecule has 0 bridgehead atoms. The largest absolute Gasteiger partial charge is 0.489 e. The van der Waals surface area contributed by atoms with Crippen molar-refractivity contribution in [3.63, 3.8) is 0 Å². The number of nitrogens with one attached hydrogen (secondary N) is 1. The van der Waals surface area contributed by atoms with Crippen LogP contribution >= 0.6 is 0 Å². The molecule has 35 heavy (non-hydrogen) atoms. The molecule has 184 valence electrons. The summed E-state index contributed by atoms with van der Waals surface area (Å²) < 4.78 is 11.3. The number of carbonyl (C=O) groups is 1. The van der Waals surface area contributed by atoms with Crippen LogP contribution in [0.4, 0.5) is 5.69 Å². The molecule has 3 aromatic rings. The molecule has 0 radical (unpaired) electrons. The first-order chi connectivity index (χ1) is 16.9. The molecule has 1 aliphatic heterocycles. The Labute approximate surface area is 204 Å². The molecule has 1 amide bonds. The zero-order valence-electron chi connectivity index (χ0n) is 20.0. The van der Waals surface area contributed by atoms with Gasteiger partial charge in [-0.15, -0.1) is 0 Å². The van der Waals surface area contributed by atoms with E-state index in [2.05, 4.69) is 21.5 Å². The molecule has 0 spiro atoms. The Morgan fingerprint density at radius 1 is 1.31 bits per heavy atom. The minimum absolute atomic E-state index is 0.0260. The monoisotopic (exact) mass is 477 g/mol. The van der Waals surface area contributed by atoms with Gasteiger partial charge in [-0.25, -0.2) is 0 Å². The lowest BCUT2D eigenvalue weighted by Gasteiger charge is -2.19. The second-order valence-electron chi connectivity index (χ2n) is 9.47. The highest BCUT2D eigenvalue weighted by molar-refractivity contribution is 5.78. The van der Waals surface area contributed by atoms with Crippen molar-refractivity contribution in [2.45, 2.75) is 51.4 Å². The standard InChI is InChI=1S/C26H31N5O4/c1-15(2)34-23-9-6-16(12-21(23)27)26-29-25(30-35-26)20-5-3-4-19-18(20)7-8-22(19)28-13-24(33)31-11-10-17(32)14-31/h3-6,9,12,15,17,22,28,32H,7-8,10-11,13-14,27H2,1-2H3/t17-,22-/m1/s1. The number of nitrogens with two attached hydrogens (primary N) is 1. The summed E-state index contributed by atoms with van der Waals surface area (Å²) in [5, 5.41) is 17.3. The molecule has 2 heterocycles. The van der Waals surface area contributed by atoms with E-state index in [0.29, 0.717) is 42.7 Å². The number of β-amino-alcohol motifs (C(OH)–C–C–N with tert-alkyl or cyclic N) is 1. The first kappa shape index (κ1) is 23.3. The summed E-state index contributed by atoms with van der Waals surface area (Å²) >= 11 is 0. The molecule has 2 aliphatic rings. The van der Waals surface area contributed by atoms with Gasteiger partial charge in [-0.2, -0.15) is 4.98 Å². The van der Waals surface area contributed by atoms with E-state index >= 15 is 0 Å². The molecule has 9 nitrogen and oxygen atoms in total. The summed E-state index contributed by atoms with van der Waals surface area (Å²) in [6.07, 6.45) is 2.02. The highest BCUT2D eigenvalue weighted by atomic mass is 16.5. The molecule has 2 aromatic carbocycles. The number of amides is 1. The van der Waals surface area contributed by atoms with Gasteiger partial charge >= 0.3 is 0 Å². The SMILES string of the molecule is CC(C)Oc1ccc(-c2nc(-c3cccc4c3CC[C@H]4NCC(=O)N3CC[C@@H](O)C3)no2)cc1N. The molecule has 0 saturated carbocycles. The number of likely N-dealkylation sites (tertiary alicyclic amines) is 1. The normalized spacial score (nSPS) is 19.4. The number of aromatic nitrogens is 2. The molecule has 2 atom stereocenters. The number of rotatable bonds is 7. The number of hydrogen-bond donors (Lipinski definition) is 3. The van der Waals surface area contributed by atoms with Gasteiger partial charge in [0.2, 0.25) is 11.7 Å². The van der Waals surface area contributed by atoms with Gasteiger partial charge in [-0.1, -0.05) is 23.4 Å². The van der Waals surface area contributed by atoms with Crippen LogP contribution in [0.15, 0.2) is 40.9 Å². The van der Waals surface area contributed by atoms with E-state index in [1.807, 2.05) is 38.1 Å². The van der Waals surface area contributed by atoms with Crippen molar-refractivity contribution >= 4 is 11.6 Å². The number of aliphatic hydroxyl groups excluding tert-OH is 1. The molecule has 9 heteroatoms. The second kappa shape index (κ2) is 9.67. The zero-order valence-corrected chi connectivity index (χ0v) is 20.0. The quantitative estimate of drug-likeness (QED) is 0.444. The fourth-order valence-electron chi connectivity index (χ4n) is 4.86. The van der Waals surface area contributed by atoms with Gasteiger partial charge in [-0.3, -0.25) is 4.79 Å². The predicted molar refractivity (Wildman–Crippen MR) is 132 cm³/mol. The summed E-state index contributed by atoms with van der Waals surface area (Å²) in [5.74, 6) is 1.58. The van der Waals surface area contributed by atoms with Gasteiger partial charge < -0.3 is 30.3 Å². The maximum absolute atomic E-state index is 12.5. The first-order valence-corrected chi connectivity index (χ1v) is 12.1. The van der Waals surface area contributed by atoms with Crippen molar-refractivity contribution in [1.82, 2.24) is 20.4 Å².